The van der Waals surface area contributed by atoms with Crippen LogP contribution in [0.4, 0.5) is 0 Å². The molecule has 1 rings (SSSR count). The monoisotopic (exact) mass is 213 g/mol. The van der Waals surface area contributed by atoms with Crippen LogP contribution >= 0.6 is 11.6 Å². The summed E-state index contributed by atoms with van der Waals surface area (Å²) in [4.78, 5) is 0. The number of hydrogen-bond acceptors (Lipinski definition) is 2. The zero-order valence-electron chi connectivity index (χ0n) is 8.75. The van der Waals surface area contributed by atoms with E-state index in [0.29, 0.717) is 5.02 Å². The van der Waals surface area contributed by atoms with Crippen LogP contribution in [0.1, 0.15) is 19.4 Å². The van der Waals surface area contributed by atoms with Crippen molar-refractivity contribution in [1.82, 2.24) is 0 Å². The third-order valence-corrected chi connectivity index (χ3v) is 2.44. The van der Waals surface area contributed by atoms with Gasteiger partial charge in [-0.25, -0.2) is 0 Å². The molecular formula is C11H16ClNO. The highest BCUT2D eigenvalue weighted by Crippen LogP contribution is 2.23. The average Bonchev–Trinajstić information content (AvgIpc) is 2.11. The van der Waals surface area contributed by atoms with Crippen LogP contribution in [0.3, 0.4) is 0 Å². The average molecular weight is 214 g/mol. The SMILES string of the molecule is Cc1ccc(Cl)cc1OC(C)C(C)N. The Bertz CT molecular complexity index is 312. The highest BCUT2D eigenvalue weighted by atomic mass is 35.5. The second-order valence-electron chi connectivity index (χ2n) is 3.59. The van der Waals surface area contributed by atoms with Gasteiger partial charge in [-0.05, 0) is 38.5 Å². The molecule has 14 heavy (non-hydrogen) atoms. The highest BCUT2D eigenvalue weighted by Gasteiger charge is 2.10. The number of aryl methyl sites for hydroxylation is 1. The fraction of sp³-hybridized carbons (Fsp3) is 0.455. The van der Waals surface area contributed by atoms with Gasteiger partial charge in [0.15, 0.2) is 0 Å². The third-order valence-electron chi connectivity index (χ3n) is 2.20. The van der Waals surface area contributed by atoms with Crippen LogP contribution in [0, 0.1) is 6.92 Å². The molecule has 0 saturated carbocycles. The maximum Gasteiger partial charge on any atom is 0.124 e. The van der Waals surface area contributed by atoms with Crippen LogP contribution in [0.25, 0.3) is 0 Å². The van der Waals surface area contributed by atoms with Gasteiger partial charge < -0.3 is 10.5 Å². The lowest BCUT2D eigenvalue weighted by atomic mass is 10.2. The van der Waals surface area contributed by atoms with E-state index in [1.54, 1.807) is 0 Å². The van der Waals surface area contributed by atoms with Crippen molar-refractivity contribution in [2.75, 3.05) is 0 Å². The summed E-state index contributed by atoms with van der Waals surface area (Å²) in [6.45, 7) is 5.86. The molecule has 0 bridgehead atoms. The molecule has 3 heteroatoms. The molecule has 78 valence electrons. The summed E-state index contributed by atoms with van der Waals surface area (Å²) in [6, 6.07) is 5.61. The molecule has 1 aromatic carbocycles. The van der Waals surface area contributed by atoms with E-state index in [1.165, 1.54) is 0 Å². The molecule has 0 aliphatic carbocycles. The van der Waals surface area contributed by atoms with Crippen LogP contribution in [-0.4, -0.2) is 12.1 Å². The second kappa shape index (κ2) is 4.67. The molecule has 0 saturated heterocycles. The zero-order chi connectivity index (χ0) is 10.7. The van der Waals surface area contributed by atoms with E-state index in [2.05, 4.69) is 0 Å². The van der Waals surface area contributed by atoms with Crippen molar-refractivity contribution in [1.29, 1.82) is 0 Å². The zero-order valence-corrected chi connectivity index (χ0v) is 9.51. The van der Waals surface area contributed by atoms with E-state index in [1.807, 2.05) is 39.0 Å². The largest absolute Gasteiger partial charge is 0.489 e. The van der Waals surface area contributed by atoms with Crippen molar-refractivity contribution in [3.05, 3.63) is 28.8 Å². The van der Waals surface area contributed by atoms with Gasteiger partial charge in [0.25, 0.3) is 0 Å². The summed E-state index contributed by atoms with van der Waals surface area (Å²) in [7, 11) is 0. The number of nitrogens with two attached hydrogens (primary N) is 1. The number of rotatable bonds is 3. The first-order chi connectivity index (χ1) is 6.50. The minimum absolute atomic E-state index is 0.00725. The molecule has 0 heterocycles. The Labute approximate surface area is 90.0 Å². The van der Waals surface area contributed by atoms with Crippen molar-refractivity contribution in [3.8, 4) is 5.75 Å². The first kappa shape index (κ1) is 11.3. The number of halogens is 1. The van der Waals surface area contributed by atoms with Gasteiger partial charge >= 0.3 is 0 Å². The van der Waals surface area contributed by atoms with E-state index in [4.69, 9.17) is 22.1 Å². The normalized spacial score (nSPS) is 14.9. The highest BCUT2D eigenvalue weighted by molar-refractivity contribution is 6.30. The van der Waals surface area contributed by atoms with Crippen LogP contribution in [0.5, 0.6) is 5.75 Å². The number of hydrogen-bond donors (Lipinski definition) is 1. The third kappa shape index (κ3) is 2.89. The summed E-state index contributed by atoms with van der Waals surface area (Å²) in [5, 5.41) is 0.683. The molecule has 0 aliphatic heterocycles. The van der Waals surface area contributed by atoms with Gasteiger partial charge in [-0.15, -0.1) is 0 Å². The molecular weight excluding hydrogens is 198 g/mol. The van der Waals surface area contributed by atoms with Crippen LogP contribution in [0.15, 0.2) is 18.2 Å². The summed E-state index contributed by atoms with van der Waals surface area (Å²) in [5.41, 5.74) is 6.79. The molecule has 2 N–H and O–H groups in total. The Kier molecular flexibility index (Phi) is 3.78. The van der Waals surface area contributed by atoms with E-state index in [9.17, 15) is 0 Å². The van der Waals surface area contributed by atoms with Crippen LogP contribution < -0.4 is 10.5 Å². The Balaban J connectivity index is 2.80. The van der Waals surface area contributed by atoms with Gasteiger partial charge in [0, 0.05) is 11.1 Å². The maximum absolute atomic E-state index is 5.87. The lowest BCUT2D eigenvalue weighted by Gasteiger charge is -2.19. The Morgan fingerprint density at radius 3 is 2.57 bits per heavy atom. The van der Waals surface area contributed by atoms with E-state index >= 15 is 0 Å². The molecule has 0 radical (unpaired) electrons. The molecule has 2 nitrogen and oxygen atoms in total. The maximum atomic E-state index is 5.87. The smallest absolute Gasteiger partial charge is 0.124 e. The van der Waals surface area contributed by atoms with Crippen molar-refractivity contribution < 1.29 is 4.74 Å². The van der Waals surface area contributed by atoms with Gasteiger partial charge in [0.2, 0.25) is 0 Å². The lowest BCUT2D eigenvalue weighted by molar-refractivity contribution is 0.195. The van der Waals surface area contributed by atoms with Crippen molar-refractivity contribution in [2.24, 2.45) is 5.73 Å². The quantitative estimate of drug-likeness (QED) is 0.838. The van der Waals surface area contributed by atoms with Gasteiger partial charge in [-0.1, -0.05) is 17.7 Å². The van der Waals surface area contributed by atoms with Crippen LogP contribution in [-0.2, 0) is 0 Å². The summed E-state index contributed by atoms with van der Waals surface area (Å²) >= 11 is 5.87. The Morgan fingerprint density at radius 2 is 2.00 bits per heavy atom. The topological polar surface area (TPSA) is 35.2 Å². The first-order valence-electron chi connectivity index (χ1n) is 4.69. The Hall–Kier alpha value is -0.730. The van der Waals surface area contributed by atoms with Gasteiger partial charge in [-0.2, -0.15) is 0 Å². The number of ether oxygens (including phenoxy) is 1. The standard InChI is InChI=1S/C11H16ClNO/c1-7-4-5-10(12)6-11(7)14-9(3)8(2)13/h4-6,8-9H,13H2,1-3H3. The van der Waals surface area contributed by atoms with E-state index in [0.717, 1.165) is 11.3 Å². The molecule has 2 atom stereocenters. The summed E-state index contributed by atoms with van der Waals surface area (Å²) in [6.07, 6.45) is -0.00725. The number of benzene rings is 1. The predicted molar refractivity (Wildman–Crippen MR) is 59.9 cm³/mol. The van der Waals surface area contributed by atoms with Gasteiger partial charge in [0.1, 0.15) is 11.9 Å². The molecule has 0 spiro atoms. The van der Waals surface area contributed by atoms with Crippen molar-refractivity contribution in [3.63, 3.8) is 0 Å². The van der Waals surface area contributed by atoms with E-state index in [-0.39, 0.29) is 12.1 Å². The molecule has 0 aromatic heterocycles. The van der Waals surface area contributed by atoms with Gasteiger partial charge in [-0.3, -0.25) is 0 Å². The molecule has 2 unspecified atom stereocenters. The van der Waals surface area contributed by atoms with Gasteiger partial charge in [0.05, 0.1) is 0 Å². The fourth-order valence-corrected chi connectivity index (χ4v) is 1.17. The minimum atomic E-state index is -0.00725. The molecule has 0 amide bonds. The molecule has 0 aliphatic rings. The molecule has 1 aromatic rings. The van der Waals surface area contributed by atoms with Crippen LogP contribution in [0.2, 0.25) is 5.02 Å². The predicted octanol–water partition coefficient (Wildman–Crippen LogP) is 2.76. The molecule has 0 fully saturated rings. The fourth-order valence-electron chi connectivity index (χ4n) is 1.01. The summed E-state index contributed by atoms with van der Waals surface area (Å²) < 4.78 is 5.68. The minimum Gasteiger partial charge on any atom is -0.489 e. The van der Waals surface area contributed by atoms with Crippen molar-refractivity contribution in [2.45, 2.75) is 32.9 Å². The van der Waals surface area contributed by atoms with E-state index < -0.39 is 0 Å². The lowest BCUT2D eigenvalue weighted by Crippen LogP contribution is -2.33. The first-order valence-corrected chi connectivity index (χ1v) is 5.07. The summed E-state index contributed by atoms with van der Waals surface area (Å²) in [5.74, 6) is 0.808. The second-order valence-corrected chi connectivity index (χ2v) is 4.03. The van der Waals surface area contributed by atoms with Crippen molar-refractivity contribution >= 4 is 11.6 Å². The Morgan fingerprint density at radius 1 is 1.36 bits per heavy atom.